The van der Waals surface area contributed by atoms with E-state index in [0.29, 0.717) is 0 Å². The van der Waals surface area contributed by atoms with Crippen LogP contribution >= 0.6 is 0 Å². The summed E-state index contributed by atoms with van der Waals surface area (Å²) in [4.78, 5) is -1.58. The summed E-state index contributed by atoms with van der Waals surface area (Å²) in [5, 5.41) is 36.3. The summed E-state index contributed by atoms with van der Waals surface area (Å²) in [5.74, 6) is -1.48. The molecule has 0 aliphatic carbocycles. The van der Waals surface area contributed by atoms with E-state index in [9.17, 15) is 41.3 Å². The molecule has 0 aliphatic rings. The molecule has 30 heavy (non-hydrogen) atoms. The fourth-order valence-electron chi connectivity index (χ4n) is 2.52. The Balaban J connectivity index is 0.00000320. The van der Waals surface area contributed by atoms with Gasteiger partial charge in [-0.15, -0.1) is 5.11 Å². The van der Waals surface area contributed by atoms with Crippen LogP contribution in [0.4, 0.5) is 11.4 Å². The van der Waals surface area contributed by atoms with Crippen molar-refractivity contribution in [3.05, 3.63) is 42.5 Å². The zero-order valence-electron chi connectivity index (χ0n) is 15.1. The molecule has 3 aromatic rings. The first-order chi connectivity index (χ1) is 13.4. The monoisotopic (exact) mass is 462 g/mol. The van der Waals surface area contributed by atoms with Gasteiger partial charge in [0.1, 0.15) is 32.2 Å². The summed E-state index contributed by atoms with van der Waals surface area (Å²) < 4.78 is 66.4. The molecule has 0 spiro atoms. The van der Waals surface area contributed by atoms with Crippen molar-refractivity contribution in [3.63, 3.8) is 0 Å². The molecule has 152 valence electrons. The van der Waals surface area contributed by atoms with Gasteiger partial charge in [0.15, 0.2) is 5.75 Å². The van der Waals surface area contributed by atoms with Crippen molar-refractivity contribution in [1.29, 1.82) is 0 Å². The van der Waals surface area contributed by atoms with Gasteiger partial charge < -0.3 is 19.9 Å². The maximum absolute atomic E-state index is 11.7. The largest absolute Gasteiger partial charge is 1.00 e. The Morgan fingerprint density at radius 2 is 1.43 bits per heavy atom. The standard InChI is InChI=1S/C16H12N2O9S2.Na/c19-10-5-9(6-11(20)7-10)17-18-15-14(29(25,26)27)4-8-3-12(28(22,23)24)1-2-13(8)16(15)21;/h1-7,19-21H,(H,22,23,24)(H,25,26,27);/q;+1/p-1. The van der Waals surface area contributed by atoms with E-state index in [0.717, 1.165) is 42.5 Å². The van der Waals surface area contributed by atoms with E-state index in [-0.39, 0.29) is 57.5 Å². The second kappa shape index (κ2) is 8.47. The number of nitrogens with zero attached hydrogens (tertiary/aromatic N) is 2. The van der Waals surface area contributed by atoms with Gasteiger partial charge in [0.2, 0.25) is 0 Å². The first-order valence-electron chi connectivity index (χ1n) is 7.54. The topological polar surface area (TPSA) is 197 Å². The quantitative estimate of drug-likeness (QED) is 0.225. The third kappa shape index (κ3) is 5.07. The van der Waals surface area contributed by atoms with Crippen molar-refractivity contribution in [2.24, 2.45) is 10.2 Å². The molecular weight excluding hydrogens is 451 g/mol. The fraction of sp³-hybridized carbons (Fsp3) is 0. The van der Waals surface area contributed by atoms with Gasteiger partial charge in [-0.3, -0.25) is 4.55 Å². The van der Waals surface area contributed by atoms with Crippen LogP contribution in [0.1, 0.15) is 0 Å². The smallest absolute Gasteiger partial charge is 0.744 e. The molecule has 0 saturated heterocycles. The van der Waals surface area contributed by atoms with E-state index < -0.39 is 41.5 Å². The molecule has 4 N–H and O–H groups in total. The molecule has 0 amide bonds. The number of fused-ring (bicyclic) bond motifs is 1. The molecule has 0 radical (unpaired) electrons. The van der Waals surface area contributed by atoms with E-state index in [1.807, 2.05) is 0 Å². The zero-order valence-corrected chi connectivity index (χ0v) is 18.7. The number of phenolic OH excluding ortho intramolecular Hbond substituents is 3. The number of aromatic hydroxyl groups is 3. The van der Waals surface area contributed by atoms with Gasteiger partial charge in [0, 0.05) is 23.6 Å². The Kier molecular flexibility index (Phi) is 6.78. The van der Waals surface area contributed by atoms with Gasteiger partial charge in [0.05, 0.1) is 10.6 Å². The maximum atomic E-state index is 11.7. The molecule has 3 rings (SSSR count). The van der Waals surface area contributed by atoms with Crippen LogP contribution < -0.4 is 29.6 Å². The van der Waals surface area contributed by atoms with Crippen LogP contribution in [0.25, 0.3) is 10.8 Å². The van der Waals surface area contributed by atoms with Gasteiger partial charge in [0.25, 0.3) is 10.1 Å². The van der Waals surface area contributed by atoms with Crippen LogP contribution in [0.5, 0.6) is 17.2 Å². The van der Waals surface area contributed by atoms with Crippen molar-refractivity contribution in [2.45, 2.75) is 9.79 Å². The van der Waals surface area contributed by atoms with Crippen LogP contribution in [0.2, 0.25) is 0 Å². The number of phenols is 3. The molecule has 3 aromatic carbocycles. The van der Waals surface area contributed by atoms with E-state index in [4.69, 9.17) is 0 Å². The third-order valence-electron chi connectivity index (χ3n) is 3.74. The van der Waals surface area contributed by atoms with Gasteiger partial charge in [-0.1, -0.05) is 0 Å². The predicted octanol–water partition coefficient (Wildman–Crippen LogP) is -0.473. The normalized spacial score (nSPS) is 12.2. The summed E-state index contributed by atoms with van der Waals surface area (Å²) in [6.07, 6.45) is 0. The van der Waals surface area contributed by atoms with Crippen LogP contribution in [0, 0.1) is 0 Å². The van der Waals surface area contributed by atoms with E-state index >= 15 is 0 Å². The Morgan fingerprint density at radius 3 is 1.97 bits per heavy atom. The fourth-order valence-corrected chi connectivity index (χ4v) is 3.69. The second-order valence-electron chi connectivity index (χ2n) is 5.79. The Hall–Kier alpha value is -2.26. The van der Waals surface area contributed by atoms with Gasteiger partial charge in [-0.25, -0.2) is 8.42 Å². The molecule has 0 aromatic heterocycles. The summed E-state index contributed by atoms with van der Waals surface area (Å²) in [6.45, 7) is 0. The van der Waals surface area contributed by atoms with Crippen LogP contribution in [-0.2, 0) is 20.2 Å². The molecule has 0 heterocycles. The number of benzene rings is 3. The summed E-state index contributed by atoms with van der Waals surface area (Å²) in [7, 11) is -9.81. The number of hydrogen-bond acceptors (Lipinski definition) is 10. The molecular formula is C16H11N2NaO9S2. The summed E-state index contributed by atoms with van der Waals surface area (Å²) in [5.41, 5.74) is -0.781. The molecule has 11 nitrogen and oxygen atoms in total. The molecule has 0 atom stereocenters. The van der Waals surface area contributed by atoms with Crippen LogP contribution in [-0.4, -0.2) is 41.3 Å². The SMILES string of the molecule is O=S(=O)([O-])c1ccc2c(O)c(N=Nc3cc(O)cc(O)c3)c(S(=O)(=O)O)cc2c1.[Na+]. The number of rotatable bonds is 4. The van der Waals surface area contributed by atoms with Gasteiger partial charge in [-0.05, 0) is 29.7 Å². The Morgan fingerprint density at radius 1 is 0.833 bits per heavy atom. The molecule has 14 heteroatoms. The molecule has 0 aliphatic heterocycles. The second-order valence-corrected chi connectivity index (χ2v) is 8.56. The molecule has 0 bridgehead atoms. The number of azo groups is 1. The van der Waals surface area contributed by atoms with E-state index in [1.165, 1.54) is 0 Å². The maximum Gasteiger partial charge on any atom is 1.00 e. The molecule has 0 fully saturated rings. The summed E-state index contributed by atoms with van der Waals surface area (Å²) >= 11 is 0. The van der Waals surface area contributed by atoms with Crippen molar-refractivity contribution < 1.29 is 70.8 Å². The van der Waals surface area contributed by atoms with E-state index in [1.54, 1.807) is 0 Å². The van der Waals surface area contributed by atoms with Crippen molar-refractivity contribution in [2.75, 3.05) is 0 Å². The molecule has 0 saturated carbocycles. The minimum atomic E-state index is -4.96. The van der Waals surface area contributed by atoms with Crippen molar-refractivity contribution in [1.82, 2.24) is 0 Å². The van der Waals surface area contributed by atoms with Crippen molar-refractivity contribution >= 4 is 42.4 Å². The third-order valence-corrected chi connectivity index (χ3v) is 5.44. The zero-order chi connectivity index (χ0) is 21.6. The summed E-state index contributed by atoms with van der Waals surface area (Å²) in [6, 6.07) is 6.79. The number of hydrogen-bond donors (Lipinski definition) is 4. The average Bonchev–Trinajstić information content (AvgIpc) is 2.58. The van der Waals surface area contributed by atoms with Gasteiger partial charge in [-0.2, -0.15) is 13.5 Å². The van der Waals surface area contributed by atoms with Crippen LogP contribution in [0.15, 0.2) is 62.5 Å². The average molecular weight is 462 g/mol. The minimum Gasteiger partial charge on any atom is -0.744 e. The Labute approximate surface area is 192 Å². The van der Waals surface area contributed by atoms with Crippen LogP contribution in [0.3, 0.4) is 0 Å². The minimum absolute atomic E-state index is 0. The van der Waals surface area contributed by atoms with E-state index in [2.05, 4.69) is 10.2 Å². The van der Waals surface area contributed by atoms with Crippen molar-refractivity contribution in [3.8, 4) is 17.2 Å². The first-order valence-corrected chi connectivity index (χ1v) is 10.4. The van der Waals surface area contributed by atoms with Gasteiger partial charge >= 0.3 is 29.6 Å². The predicted molar refractivity (Wildman–Crippen MR) is 97.3 cm³/mol. The Bertz CT molecular complexity index is 1370. The molecule has 0 unspecified atom stereocenters. The first kappa shape index (κ1) is 24.0.